The van der Waals surface area contributed by atoms with Crippen molar-refractivity contribution in [1.82, 2.24) is 10.0 Å². The molecule has 0 unspecified atom stereocenters. The van der Waals surface area contributed by atoms with Gasteiger partial charge in [-0.05, 0) is 20.8 Å². The largest absolute Gasteiger partial charge is 0.354 e. The summed E-state index contributed by atoms with van der Waals surface area (Å²) in [6, 6.07) is -0.153. The molecular weight excluding hydrogens is 284 g/mol. The minimum Gasteiger partial charge on any atom is -0.354 e. The van der Waals surface area contributed by atoms with E-state index in [0.717, 1.165) is 22.4 Å². The smallest absolute Gasteiger partial charge is 0.308 e. The molecule has 0 bridgehead atoms. The Balaban J connectivity index is 0.000000211. The summed E-state index contributed by atoms with van der Waals surface area (Å²) < 4.78 is 0. The highest BCUT2D eigenvalue weighted by Crippen LogP contribution is 2.14. The summed E-state index contributed by atoms with van der Waals surface area (Å²) in [6.07, 6.45) is 1.62. The van der Waals surface area contributed by atoms with Crippen molar-refractivity contribution in [2.75, 3.05) is 6.54 Å². The van der Waals surface area contributed by atoms with Gasteiger partial charge in [-0.2, -0.15) is 10.2 Å². The number of aliphatic hydroxyl groups is 4. The van der Waals surface area contributed by atoms with Crippen LogP contribution < -0.4 is 0 Å². The first-order valence-corrected chi connectivity index (χ1v) is 6.18. The number of carbonyl (C=O) groups is 2. The predicted octanol–water partition coefficient (Wildman–Crippen LogP) is -2.58. The molecule has 2 amide bonds. The highest BCUT2D eigenvalue weighted by Gasteiger charge is 2.42. The van der Waals surface area contributed by atoms with Crippen LogP contribution in [-0.4, -0.2) is 78.8 Å². The minimum atomic E-state index is -2.40. The van der Waals surface area contributed by atoms with E-state index in [4.69, 9.17) is 20.4 Å². The molecular formula is C11H18N4O6. The van der Waals surface area contributed by atoms with Gasteiger partial charge in [0, 0.05) is 6.54 Å². The normalized spacial score (nSPS) is 22.1. The van der Waals surface area contributed by atoms with Crippen LogP contribution in [-0.2, 0) is 9.59 Å². The van der Waals surface area contributed by atoms with Crippen molar-refractivity contribution in [3.63, 3.8) is 0 Å². The van der Waals surface area contributed by atoms with E-state index in [9.17, 15) is 9.59 Å². The average Bonchev–Trinajstić information content (AvgIpc) is 2.79. The number of hydrogen-bond donors (Lipinski definition) is 4. The van der Waals surface area contributed by atoms with Crippen LogP contribution in [0.25, 0.3) is 0 Å². The maximum absolute atomic E-state index is 11.0. The van der Waals surface area contributed by atoms with E-state index in [2.05, 4.69) is 10.2 Å². The summed E-state index contributed by atoms with van der Waals surface area (Å²) in [5.41, 5.74) is 0. The Hall–Kier alpha value is -1.88. The summed E-state index contributed by atoms with van der Waals surface area (Å²) in [6.45, 7) is 5.50. The third-order valence-electron chi connectivity index (χ3n) is 2.60. The van der Waals surface area contributed by atoms with Gasteiger partial charge in [-0.3, -0.25) is 9.59 Å². The molecule has 2 heterocycles. The number of carbonyl (C=O) groups excluding carboxylic acids is 2. The van der Waals surface area contributed by atoms with Gasteiger partial charge in [0.1, 0.15) is 0 Å². The van der Waals surface area contributed by atoms with E-state index in [0.29, 0.717) is 6.54 Å². The molecule has 0 aromatic carbocycles. The molecule has 2 rings (SSSR count). The van der Waals surface area contributed by atoms with Crippen molar-refractivity contribution in [3.05, 3.63) is 0 Å². The fraction of sp³-hybridized carbons (Fsp3) is 0.636. The predicted molar refractivity (Wildman–Crippen MR) is 70.7 cm³/mol. The third kappa shape index (κ3) is 3.61. The molecule has 0 atom stereocenters. The average molecular weight is 302 g/mol. The molecule has 10 heteroatoms. The zero-order chi connectivity index (χ0) is 16.4. The second kappa shape index (κ2) is 5.85. The Kier molecular flexibility index (Phi) is 4.79. The van der Waals surface area contributed by atoms with Gasteiger partial charge in [0.15, 0.2) is 0 Å². The van der Waals surface area contributed by atoms with Crippen molar-refractivity contribution in [2.24, 2.45) is 10.2 Å². The highest BCUT2D eigenvalue weighted by molar-refractivity contribution is 6.03. The second-order valence-corrected chi connectivity index (χ2v) is 4.71. The van der Waals surface area contributed by atoms with Gasteiger partial charge >= 0.3 is 11.8 Å². The van der Waals surface area contributed by atoms with E-state index in [1.54, 1.807) is 20.8 Å². The van der Waals surface area contributed by atoms with Crippen LogP contribution in [0.2, 0.25) is 0 Å². The molecule has 118 valence electrons. The van der Waals surface area contributed by atoms with Crippen molar-refractivity contribution < 1.29 is 30.0 Å². The van der Waals surface area contributed by atoms with Gasteiger partial charge < -0.3 is 20.4 Å². The van der Waals surface area contributed by atoms with Crippen LogP contribution in [0.3, 0.4) is 0 Å². The zero-order valence-corrected chi connectivity index (χ0v) is 11.8. The lowest BCUT2D eigenvalue weighted by atomic mass is 10.3. The third-order valence-corrected chi connectivity index (χ3v) is 2.60. The summed E-state index contributed by atoms with van der Waals surface area (Å²) >= 11 is 0. The lowest BCUT2D eigenvalue weighted by Gasteiger charge is -2.18. The molecule has 0 saturated heterocycles. The number of hydrazone groups is 2. The van der Waals surface area contributed by atoms with Gasteiger partial charge in [0.25, 0.3) is 11.6 Å². The Morgan fingerprint density at radius 3 is 1.71 bits per heavy atom. The highest BCUT2D eigenvalue weighted by atomic mass is 16.5. The van der Waals surface area contributed by atoms with Gasteiger partial charge in [-0.15, -0.1) is 0 Å². The minimum absolute atomic E-state index is 0.153. The first kappa shape index (κ1) is 17.2. The monoisotopic (exact) mass is 302 g/mol. The number of hydrogen-bond acceptors (Lipinski definition) is 8. The SMILES string of the molecule is CC(C)N1N=CC(O)(O)C1=O.CCN1N=CC(O)(O)C1=O. The Morgan fingerprint density at radius 1 is 1.05 bits per heavy atom. The summed E-state index contributed by atoms with van der Waals surface area (Å²) in [5, 5.41) is 44.3. The van der Waals surface area contributed by atoms with Gasteiger partial charge in [0.05, 0.1) is 18.5 Å². The van der Waals surface area contributed by atoms with Gasteiger partial charge in [0.2, 0.25) is 0 Å². The standard InChI is InChI=1S/C6H10N2O3.C5H8N2O3/c1-4(2)8-5(9)6(10,11)3-7-8;1-2-7-4(8)5(9,10)3-6-7/h3-4,10-11H,1-2H3;3,9-10H,2H2,1H3. The van der Waals surface area contributed by atoms with Gasteiger partial charge in [-0.1, -0.05) is 0 Å². The molecule has 2 aliphatic rings. The number of nitrogens with zero attached hydrogens (tertiary/aromatic N) is 4. The Morgan fingerprint density at radius 2 is 1.52 bits per heavy atom. The molecule has 0 aromatic heterocycles. The van der Waals surface area contributed by atoms with Crippen molar-refractivity contribution in [2.45, 2.75) is 38.4 Å². The Labute approximate surface area is 120 Å². The van der Waals surface area contributed by atoms with Crippen molar-refractivity contribution >= 4 is 24.2 Å². The van der Waals surface area contributed by atoms with Crippen LogP contribution >= 0.6 is 0 Å². The first-order valence-electron chi connectivity index (χ1n) is 6.18. The zero-order valence-electron chi connectivity index (χ0n) is 11.8. The van der Waals surface area contributed by atoms with Crippen LogP contribution in [0, 0.1) is 0 Å². The second-order valence-electron chi connectivity index (χ2n) is 4.71. The number of rotatable bonds is 2. The van der Waals surface area contributed by atoms with Crippen molar-refractivity contribution in [3.8, 4) is 0 Å². The molecule has 4 N–H and O–H groups in total. The summed E-state index contributed by atoms with van der Waals surface area (Å²) in [4.78, 5) is 21.7. The molecule has 2 aliphatic heterocycles. The van der Waals surface area contributed by atoms with Gasteiger partial charge in [-0.25, -0.2) is 10.0 Å². The molecule has 0 fully saturated rings. The topological polar surface area (TPSA) is 146 Å². The van der Waals surface area contributed by atoms with Crippen LogP contribution in [0.4, 0.5) is 0 Å². The quantitative estimate of drug-likeness (QED) is 0.412. The van der Waals surface area contributed by atoms with E-state index in [1.165, 1.54) is 0 Å². The van der Waals surface area contributed by atoms with E-state index in [1.807, 2.05) is 0 Å². The molecule has 10 nitrogen and oxygen atoms in total. The van der Waals surface area contributed by atoms with E-state index < -0.39 is 23.4 Å². The fourth-order valence-electron chi connectivity index (χ4n) is 1.46. The van der Waals surface area contributed by atoms with E-state index in [-0.39, 0.29) is 6.04 Å². The number of likely N-dealkylation sites (N-methyl/N-ethyl adjacent to an activating group) is 1. The van der Waals surface area contributed by atoms with E-state index >= 15 is 0 Å². The lowest BCUT2D eigenvalue weighted by Crippen LogP contribution is -2.44. The molecule has 0 aromatic rings. The Bertz CT molecular complexity index is 485. The lowest BCUT2D eigenvalue weighted by molar-refractivity contribution is -0.168. The molecule has 0 radical (unpaired) electrons. The summed E-state index contributed by atoms with van der Waals surface area (Å²) in [7, 11) is 0. The maximum Gasteiger partial charge on any atom is 0.308 e. The number of amides is 2. The van der Waals surface area contributed by atoms with Crippen LogP contribution in [0.15, 0.2) is 10.2 Å². The molecule has 0 aliphatic carbocycles. The van der Waals surface area contributed by atoms with Crippen molar-refractivity contribution in [1.29, 1.82) is 0 Å². The maximum atomic E-state index is 11.0. The fourth-order valence-corrected chi connectivity index (χ4v) is 1.46. The molecule has 0 saturated carbocycles. The molecule has 21 heavy (non-hydrogen) atoms. The van der Waals surface area contributed by atoms with Crippen LogP contribution in [0.1, 0.15) is 20.8 Å². The molecule has 0 spiro atoms. The first-order chi connectivity index (χ1) is 9.53. The van der Waals surface area contributed by atoms with Crippen LogP contribution in [0.5, 0.6) is 0 Å². The summed E-state index contributed by atoms with van der Waals surface area (Å²) in [5.74, 6) is -6.37.